The van der Waals surface area contributed by atoms with E-state index in [2.05, 4.69) is 22.2 Å². The molecule has 7 heteroatoms. The van der Waals surface area contributed by atoms with Crippen molar-refractivity contribution in [3.8, 4) is 0 Å². The quantitative estimate of drug-likeness (QED) is 0.699. The maximum atomic E-state index is 12.9. The highest BCUT2D eigenvalue weighted by molar-refractivity contribution is 6.00. The first kappa shape index (κ1) is 20.9. The number of amides is 2. The summed E-state index contributed by atoms with van der Waals surface area (Å²) in [6.45, 7) is 3.34. The van der Waals surface area contributed by atoms with Gasteiger partial charge in [-0.25, -0.2) is 0 Å². The summed E-state index contributed by atoms with van der Waals surface area (Å²) in [6, 6.07) is 6.39. The summed E-state index contributed by atoms with van der Waals surface area (Å²) in [4.78, 5) is 32.8. The Bertz CT molecular complexity index is 879. The van der Waals surface area contributed by atoms with E-state index >= 15 is 0 Å². The van der Waals surface area contributed by atoms with Crippen molar-refractivity contribution in [2.45, 2.75) is 31.7 Å². The van der Waals surface area contributed by atoms with Gasteiger partial charge in [-0.1, -0.05) is 6.07 Å². The van der Waals surface area contributed by atoms with Crippen LogP contribution >= 0.6 is 0 Å². The molecule has 2 aliphatic rings. The van der Waals surface area contributed by atoms with E-state index in [1.54, 1.807) is 17.0 Å². The van der Waals surface area contributed by atoms with Crippen LogP contribution in [0.5, 0.6) is 0 Å². The molecule has 2 amide bonds. The Morgan fingerprint density at radius 3 is 2.43 bits per heavy atom. The van der Waals surface area contributed by atoms with E-state index in [1.165, 1.54) is 12.8 Å². The maximum Gasteiger partial charge on any atom is 0.252 e. The van der Waals surface area contributed by atoms with Crippen LogP contribution < -0.4 is 5.32 Å². The standard InChI is InChI=1S/C23H32N4O3/c1-26-10-5-16(6-11-26)17-7-12-27(13-8-17)23(30)21(15-28)25-22(29)19-3-2-18-4-9-24-20(18)14-19/h2-4,9,14,16-17,21,24,28H,5-8,10-13,15H2,1H3,(H,25,29)/t21-/m0/s1. The number of carbonyl (C=O) groups excluding carboxylic acids is 2. The minimum Gasteiger partial charge on any atom is -0.394 e. The highest BCUT2D eigenvalue weighted by Crippen LogP contribution is 2.32. The number of hydrogen-bond acceptors (Lipinski definition) is 4. The van der Waals surface area contributed by atoms with Crippen LogP contribution in [0.15, 0.2) is 30.5 Å². The lowest BCUT2D eigenvalue weighted by molar-refractivity contribution is -0.136. The Morgan fingerprint density at radius 2 is 1.77 bits per heavy atom. The summed E-state index contributed by atoms with van der Waals surface area (Å²) in [6.07, 6.45) is 6.33. The highest BCUT2D eigenvalue weighted by Gasteiger charge is 2.32. The highest BCUT2D eigenvalue weighted by atomic mass is 16.3. The van der Waals surface area contributed by atoms with Gasteiger partial charge in [0.2, 0.25) is 5.91 Å². The van der Waals surface area contributed by atoms with Crippen molar-refractivity contribution in [1.82, 2.24) is 20.1 Å². The fourth-order valence-corrected chi connectivity index (χ4v) is 4.93. The smallest absolute Gasteiger partial charge is 0.252 e. The van der Waals surface area contributed by atoms with Gasteiger partial charge < -0.3 is 25.2 Å². The fraction of sp³-hybridized carbons (Fsp3) is 0.565. The zero-order chi connectivity index (χ0) is 21.1. The fourth-order valence-electron chi connectivity index (χ4n) is 4.93. The molecular formula is C23H32N4O3. The molecule has 2 aromatic rings. The van der Waals surface area contributed by atoms with Crippen LogP contribution in [-0.4, -0.2) is 77.6 Å². The van der Waals surface area contributed by atoms with Gasteiger partial charge in [0.15, 0.2) is 0 Å². The second kappa shape index (κ2) is 9.18. The molecule has 1 aromatic heterocycles. The third-order valence-electron chi connectivity index (χ3n) is 6.88. The van der Waals surface area contributed by atoms with Gasteiger partial charge in [-0.3, -0.25) is 9.59 Å². The predicted octanol–water partition coefficient (Wildman–Crippen LogP) is 1.84. The number of aromatic nitrogens is 1. The van der Waals surface area contributed by atoms with E-state index in [-0.39, 0.29) is 11.8 Å². The van der Waals surface area contributed by atoms with Crippen LogP contribution in [0.25, 0.3) is 10.9 Å². The number of benzene rings is 1. The molecule has 2 aliphatic heterocycles. The van der Waals surface area contributed by atoms with Crippen LogP contribution in [0.1, 0.15) is 36.0 Å². The first-order valence-corrected chi connectivity index (χ1v) is 11.0. The zero-order valence-corrected chi connectivity index (χ0v) is 17.6. The Balaban J connectivity index is 1.32. The predicted molar refractivity (Wildman–Crippen MR) is 116 cm³/mol. The van der Waals surface area contributed by atoms with Crippen molar-refractivity contribution in [2.75, 3.05) is 39.8 Å². The van der Waals surface area contributed by atoms with Gasteiger partial charge in [-0.05, 0) is 81.2 Å². The minimum atomic E-state index is -0.906. The number of likely N-dealkylation sites (tertiary alicyclic amines) is 2. The molecule has 7 nitrogen and oxygen atoms in total. The molecule has 0 bridgehead atoms. The van der Waals surface area contributed by atoms with Crippen LogP contribution in [0, 0.1) is 11.8 Å². The molecule has 2 saturated heterocycles. The number of piperidine rings is 2. The molecule has 0 radical (unpaired) electrons. The summed E-state index contributed by atoms with van der Waals surface area (Å²) >= 11 is 0. The molecule has 1 atom stereocenters. The molecule has 3 heterocycles. The molecule has 162 valence electrons. The first-order valence-electron chi connectivity index (χ1n) is 11.0. The number of rotatable bonds is 5. The largest absolute Gasteiger partial charge is 0.394 e. The van der Waals surface area contributed by atoms with E-state index in [0.717, 1.165) is 42.8 Å². The number of carbonyl (C=O) groups is 2. The van der Waals surface area contributed by atoms with Gasteiger partial charge >= 0.3 is 0 Å². The van der Waals surface area contributed by atoms with E-state index in [9.17, 15) is 14.7 Å². The minimum absolute atomic E-state index is 0.186. The summed E-state index contributed by atoms with van der Waals surface area (Å²) in [5.41, 5.74) is 1.34. The molecule has 0 saturated carbocycles. The molecule has 0 unspecified atom stereocenters. The van der Waals surface area contributed by atoms with Gasteiger partial charge in [0.05, 0.1) is 6.61 Å². The van der Waals surface area contributed by atoms with Gasteiger partial charge in [0.25, 0.3) is 5.91 Å². The van der Waals surface area contributed by atoms with Gasteiger partial charge in [0, 0.05) is 30.4 Å². The third-order valence-corrected chi connectivity index (χ3v) is 6.88. The van der Waals surface area contributed by atoms with Gasteiger partial charge in [-0.2, -0.15) is 0 Å². The second-order valence-electron chi connectivity index (χ2n) is 8.79. The number of aliphatic hydroxyl groups is 1. The van der Waals surface area contributed by atoms with E-state index in [1.807, 2.05) is 18.3 Å². The summed E-state index contributed by atoms with van der Waals surface area (Å²) in [5.74, 6) is 0.904. The van der Waals surface area contributed by atoms with E-state index in [0.29, 0.717) is 24.6 Å². The normalized spacial score (nSPS) is 20.4. The average Bonchev–Trinajstić information content (AvgIpc) is 3.25. The Labute approximate surface area is 177 Å². The number of nitrogens with one attached hydrogen (secondary N) is 2. The van der Waals surface area contributed by atoms with Crippen molar-refractivity contribution in [3.63, 3.8) is 0 Å². The van der Waals surface area contributed by atoms with Crippen LogP contribution in [0.2, 0.25) is 0 Å². The van der Waals surface area contributed by atoms with Crippen molar-refractivity contribution < 1.29 is 14.7 Å². The molecular weight excluding hydrogens is 380 g/mol. The lowest BCUT2D eigenvalue weighted by atomic mass is 9.79. The number of nitrogens with zero attached hydrogens (tertiary/aromatic N) is 2. The number of hydrogen-bond donors (Lipinski definition) is 3. The average molecular weight is 413 g/mol. The van der Waals surface area contributed by atoms with Crippen molar-refractivity contribution in [2.24, 2.45) is 11.8 Å². The molecule has 0 aliphatic carbocycles. The van der Waals surface area contributed by atoms with Crippen molar-refractivity contribution >= 4 is 22.7 Å². The molecule has 0 spiro atoms. The summed E-state index contributed by atoms with van der Waals surface area (Å²) in [7, 11) is 2.18. The van der Waals surface area contributed by atoms with E-state index < -0.39 is 12.6 Å². The Kier molecular flexibility index (Phi) is 6.39. The first-order chi connectivity index (χ1) is 14.5. The monoisotopic (exact) mass is 412 g/mol. The number of H-pyrrole nitrogens is 1. The second-order valence-corrected chi connectivity index (χ2v) is 8.79. The van der Waals surface area contributed by atoms with Crippen molar-refractivity contribution in [3.05, 3.63) is 36.0 Å². The number of fused-ring (bicyclic) bond motifs is 1. The molecule has 4 rings (SSSR count). The molecule has 2 fully saturated rings. The summed E-state index contributed by atoms with van der Waals surface area (Å²) in [5, 5.41) is 13.5. The Morgan fingerprint density at radius 1 is 1.10 bits per heavy atom. The Hall–Kier alpha value is -2.38. The number of aliphatic hydroxyl groups excluding tert-OH is 1. The molecule has 30 heavy (non-hydrogen) atoms. The zero-order valence-electron chi connectivity index (χ0n) is 17.6. The maximum absolute atomic E-state index is 12.9. The lowest BCUT2D eigenvalue weighted by Crippen LogP contribution is -2.52. The number of aromatic amines is 1. The summed E-state index contributed by atoms with van der Waals surface area (Å²) < 4.78 is 0. The SMILES string of the molecule is CN1CCC(C2CCN(C(=O)[C@H](CO)NC(=O)c3ccc4cc[nH]c4c3)CC2)CC1. The van der Waals surface area contributed by atoms with Gasteiger partial charge in [0.1, 0.15) is 6.04 Å². The van der Waals surface area contributed by atoms with E-state index in [4.69, 9.17) is 0 Å². The van der Waals surface area contributed by atoms with Crippen LogP contribution in [-0.2, 0) is 4.79 Å². The lowest BCUT2D eigenvalue weighted by Gasteiger charge is -2.40. The van der Waals surface area contributed by atoms with Crippen LogP contribution in [0.4, 0.5) is 0 Å². The van der Waals surface area contributed by atoms with Gasteiger partial charge in [-0.15, -0.1) is 0 Å². The van der Waals surface area contributed by atoms with Crippen LogP contribution in [0.3, 0.4) is 0 Å². The molecule has 1 aromatic carbocycles. The topological polar surface area (TPSA) is 88.7 Å². The van der Waals surface area contributed by atoms with Crippen molar-refractivity contribution in [1.29, 1.82) is 0 Å². The molecule has 3 N–H and O–H groups in total. The third kappa shape index (κ3) is 4.52.